The molecule has 2 heterocycles. The van der Waals surface area contributed by atoms with Crippen LogP contribution >= 0.6 is 0 Å². The van der Waals surface area contributed by atoms with E-state index in [1.807, 2.05) is 18.2 Å². The monoisotopic (exact) mass is 316 g/mol. The lowest BCUT2D eigenvalue weighted by Gasteiger charge is -2.38. The first-order valence-corrected chi connectivity index (χ1v) is 8.94. The second-order valence-electron chi connectivity index (χ2n) is 6.50. The zero-order chi connectivity index (χ0) is 15.9. The quantitative estimate of drug-likeness (QED) is 0.742. The molecule has 2 aliphatic rings. The Morgan fingerprint density at radius 1 is 1.00 bits per heavy atom. The maximum absolute atomic E-state index is 6.21. The van der Waals surface area contributed by atoms with Gasteiger partial charge >= 0.3 is 0 Å². The van der Waals surface area contributed by atoms with Crippen LogP contribution in [0.2, 0.25) is 0 Å². The lowest BCUT2D eigenvalue weighted by atomic mass is 9.95. The van der Waals surface area contributed by atoms with Gasteiger partial charge in [-0.05, 0) is 51.0 Å². The van der Waals surface area contributed by atoms with Gasteiger partial charge in [0.25, 0.3) is 0 Å². The van der Waals surface area contributed by atoms with Crippen molar-refractivity contribution in [2.45, 2.75) is 76.7 Å². The van der Waals surface area contributed by atoms with Crippen LogP contribution in [0, 0.1) is 0 Å². The van der Waals surface area contributed by atoms with Crippen LogP contribution in [0.15, 0.2) is 42.5 Å². The highest BCUT2D eigenvalue weighted by molar-refractivity contribution is 5.13. The zero-order valence-electron chi connectivity index (χ0n) is 14.0. The molecule has 0 N–H and O–H groups in total. The molecule has 2 fully saturated rings. The molecule has 0 saturated carbocycles. The van der Waals surface area contributed by atoms with Crippen molar-refractivity contribution in [3.05, 3.63) is 48.0 Å². The third-order valence-electron chi connectivity index (χ3n) is 4.68. The van der Waals surface area contributed by atoms with Crippen LogP contribution < -0.4 is 0 Å². The third-order valence-corrected chi connectivity index (χ3v) is 4.68. The molecule has 126 valence electrons. The first-order valence-electron chi connectivity index (χ1n) is 8.94. The van der Waals surface area contributed by atoms with Crippen molar-refractivity contribution in [2.75, 3.05) is 0 Å². The van der Waals surface area contributed by atoms with E-state index < -0.39 is 0 Å². The highest BCUT2D eigenvalue weighted by Gasteiger charge is 2.33. The molecule has 0 radical (unpaired) electrons. The minimum atomic E-state index is -0.0975. The summed E-state index contributed by atoms with van der Waals surface area (Å²) in [5.41, 5.74) is 1.19. The summed E-state index contributed by atoms with van der Waals surface area (Å²) in [6.45, 7) is 2.67. The summed E-state index contributed by atoms with van der Waals surface area (Å²) in [6, 6.07) is 10.3. The van der Waals surface area contributed by atoms with Gasteiger partial charge in [-0.15, -0.1) is 0 Å². The highest BCUT2D eigenvalue weighted by atomic mass is 16.7. The minimum absolute atomic E-state index is 0.0975. The first kappa shape index (κ1) is 16.7. The molecule has 3 nitrogen and oxygen atoms in total. The Kier molecular flexibility index (Phi) is 6.26. The van der Waals surface area contributed by atoms with Crippen LogP contribution in [0.3, 0.4) is 0 Å². The van der Waals surface area contributed by atoms with Crippen molar-refractivity contribution in [3.8, 4) is 0 Å². The van der Waals surface area contributed by atoms with Crippen LogP contribution in [0.25, 0.3) is 0 Å². The van der Waals surface area contributed by atoms with E-state index in [-0.39, 0.29) is 24.6 Å². The molecule has 4 atom stereocenters. The fraction of sp³-hybridized carbons (Fsp3) is 0.600. The lowest BCUT2D eigenvalue weighted by molar-refractivity contribution is -0.232. The van der Waals surface area contributed by atoms with Crippen LogP contribution in [0.5, 0.6) is 0 Å². The number of hydrogen-bond acceptors (Lipinski definition) is 3. The Labute approximate surface area is 139 Å². The average Bonchev–Trinajstić information content (AvgIpc) is 2.62. The molecule has 4 unspecified atom stereocenters. The van der Waals surface area contributed by atoms with Gasteiger partial charge in [-0.2, -0.15) is 0 Å². The molecule has 0 aliphatic carbocycles. The van der Waals surface area contributed by atoms with Crippen molar-refractivity contribution < 1.29 is 14.2 Å². The molecule has 1 aromatic carbocycles. The van der Waals surface area contributed by atoms with Gasteiger partial charge in [0.2, 0.25) is 0 Å². The van der Waals surface area contributed by atoms with Gasteiger partial charge in [-0.3, -0.25) is 0 Å². The SMILES string of the molecule is C/C=C/C1CCCC(C2CCCC(OCc3ccccc3)O2)O1. The number of allylic oxidation sites excluding steroid dienone is 1. The molecule has 2 saturated heterocycles. The standard InChI is InChI=1S/C20H28O3/c1-2-8-17-11-6-12-18(22-17)19-13-7-14-20(23-19)21-15-16-9-4-3-5-10-16/h2-5,8-10,17-20H,6-7,11-15H2,1H3/b8-2+. The second kappa shape index (κ2) is 8.62. The Hall–Kier alpha value is -1.16. The van der Waals surface area contributed by atoms with Crippen molar-refractivity contribution in [3.63, 3.8) is 0 Å². The predicted octanol–water partition coefficient (Wildman–Crippen LogP) is 4.61. The van der Waals surface area contributed by atoms with Gasteiger partial charge in [-0.1, -0.05) is 42.5 Å². The molecule has 2 aliphatic heterocycles. The summed E-state index contributed by atoms with van der Waals surface area (Å²) in [5, 5.41) is 0. The summed E-state index contributed by atoms with van der Waals surface area (Å²) < 4.78 is 18.4. The van der Waals surface area contributed by atoms with E-state index in [0.717, 1.165) is 32.1 Å². The summed E-state index contributed by atoms with van der Waals surface area (Å²) >= 11 is 0. The van der Waals surface area contributed by atoms with Crippen molar-refractivity contribution in [1.29, 1.82) is 0 Å². The van der Waals surface area contributed by atoms with E-state index in [1.165, 1.54) is 12.0 Å². The van der Waals surface area contributed by atoms with Crippen LogP contribution in [-0.4, -0.2) is 24.6 Å². The van der Waals surface area contributed by atoms with Gasteiger partial charge in [0.05, 0.1) is 24.9 Å². The van der Waals surface area contributed by atoms with Crippen molar-refractivity contribution in [1.82, 2.24) is 0 Å². The largest absolute Gasteiger partial charge is 0.368 e. The smallest absolute Gasteiger partial charge is 0.158 e. The Balaban J connectivity index is 1.49. The molecular formula is C20H28O3. The number of ether oxygens (including phenoxy) is 3. The fourth-order valence-electron chi connectivity index (χ4n) is 3.49. The summed E-state index contributed by atoms with van der Waals surface area (Å²) in [5.74, 6) is 0. The molecule has 23 heavy (non-hydrogen) atoms. The highest BCUT2D eigenvalue weighted by Crippen LogP contribution is 2.30. The maximum atomic E-state index is 6.21. The van der Waals surface area contributed by atoms with E-state index in [9.17, 15) is 0 Å². The molecule has 0 bridgehead atoms. The lowest BCUT2D eigenvalue weighted by Crippen LogP contribution is -2.42. The second-order valence-corrected chi connectivity index (χ2v) is 6.50. The Morgan fingerprint density at radius 2 is 1.74 bits per heavy atom. The summed E-state index contributed by atoms with van der Waals surface area (Å²) in [6.07, 6.45) is 11.5. The van der Waals surface area contributed by atoms with E-state index in [2.05, 4.69) is 31.2 Å². The Morgan fingerprint density at radius 3 is 2.52 bits per heavy atom. The third kappa shape index (κ3) is 4.90. The summed E-state index contributed by atoms with van der Waals surface area (Å²) in [4.78, 5) is 0. The molecule has 0 aromatic heterocycles. The van der Waals surface area contributed by atoms with Crippen LogP contribution in [0.1, 0.15) is 51.0 Å². The fourth-order valence-corrected chi connectivity index (χ4v) is 3.49. The number of rotatable bonds is 5. The van der Waals surface area contributed by atoms with E-state index in [1.54, 1.807) is 0 Å². The van der Waals surface area contributed by atoms with E-state index in [0.29, 0.717) is 6.61 Å². The molecule has 3 heteroatoms. The maximum Gasteiger partial charge on any atom is 0.158 e. The number of benzene rings is 1. The Bertz CT molecular complexity index is 485. The predicted molar refractivity (Wildman–Crippen MR) is 91.1 cm³/mol. The molecule has 0 spiro atoms. The van der Waals surface area contributed by atoms with Gasteiger partial charge in [0, 0.05) is 0 Å². The van der Waals surface area contributed by atoms with Gasteiger partial charge in [0.1, 0.15) is 0 Å². The minimum Gasteiger partial charge on any atom is -0.368 e. The first-order chi connectivity index (χ1) is 11.3. The van der Waals surface area contributed by atoms with Crippen molar-refractivity contribution >= 4 is 0 Å². The molecule has 3 rings (SSSR count). The van der Waals surface area contributed by atoms with Gasteiger partial charge < -0.3 is 14.2 Å². The van der Waals surface area contributed by atoms with E-state index >= 15 is 0 Å². The van der Waals surface area contributed by atoms with E-state index in [4.69, 9.17) is 14.2 Å². The molecular weight excluding hydrogens is 288 g/mol. The average molecular weight is 316 g/mol. The molecule has 1 aromatic rings. The topological polar surface area (TPSA) is 27.7 Å². The molecule has 0 amide bonds. The zero-order valence-corrected chi connectivity index (χ0v) is 14.0. The van der Waals surface area contributed by atoms with Crippen molar-refractivity contribution in [2.24, 2.45) is 0 Å². The van der Waals surface area contributed by atoms with Crippen LogP contribution in [-0.2, 0) is 20.8 Å². The van der Waals surface area contributed by atoms with Gasteiger partial charge in [-0.25, -0.2) is 0 Å². The van der Waals surface area contributed by atoms with Crippen LogP contribution in [0.4, 0.5) is 0 Å². The van der Waals surface area contributed by atoms with Gasteiger partial charge in [0.15, 0.2) is 6.29 Å². The number of hydrogen-bond donors (Lipinski definition) is 0. The summed E-state index contributed by atoms with van der Waals surface area (Å²) in [7, 11) is 0. The normalized spacial score (nSPS) is 32.2.